The zero-order valence-corrected chi connectivity index (χ0v) is 14.3. The predicted molar refractivity (Wildman–Crippen MR) is 87.7 cm³/mol. The second-order valence-electron chi connectivity index (χ2n) is 4.23. The summed E-state index contributed by atoms with van der Waals surface area (Å²) < 4.78 is 25.7. The molecule has 0 radical (unpaired) electrons. The van der Waals surface area contributed by atoms with Crippen LogP contribution >= 0.6 is 23.2 Å². The summed E-state index contributed by atoms with van der Waals surface area (Å²) in [5.41, 5.74) is 3.76. The second-order valence-corrected chi connectivity index (χ2v) is 5.53. The van der Waals surface area contributed by atoms with Crippen LogP contribution in [0.2, 0.25) is 10.6 Å². The summed E-state index contributed by atoms with van der Waals surface area (Å²) in [7, 11) is -2.96. The minimum absolute atomic E-state index is 0.0356. The number of anilines is 2. The molecular formula is C12H13Cl2N5O3S. The second kappa shape index (κ2) is 8.25. The number of thiol groups is 1. The van der Waals surface area contributed by atoms with Crippen LogP contribution in [-0.2, 0) is 11.0 Å². The molecule has 2 rings (SSSR count). The van der Waals surface area contributed by atoms with Gasteiger partial charge in [0.2, 0.25) is 16.5 Å². The third-order valence-corrected chi connectivity index (χ3v) is 3.26. The normalized spacial score (nSPS) is 10.8. The van der Waals surface area contributed by atoms with E-state index in [-0.39, 0.29) is 22.3 Å². The summed E-state index contributed by atoms with van der Waals surface area (Å²) >= 11 is 11.6. The minimum atomic E-state index is -2.96. The molecule has 0 atom stereocenters. The number of nitrogens with one attached hydrogen (secondary N) is 1. The zero-order chi connectivity index (χ0) is 16.8. The van der Waals surface area contributed by atoms with Crippen molar-refractivity contribution in [3.8, 4) is 5.75 Å². The molecular weight excluding hydrogens is 365 g/mol. The van der Waals surface area contributed by atoms with Gasteiger partial charge in [0.25, 0.3) is 11.0 Å². The molecule has 0 aliphatic heterocycles. The summed E-state index contributed by atoms with van der Waals surface area (Å²) in [5.74, 6) is 0.416. The maximum atomic E-state index is 10.6. The van der Waals surface area contributed by atoms with E-state index >= 15 is 0 Å². The van der Waals surface area contributed by atoms with Crippen molar-refractivity contribution in [2.45, 2.75) is 13.3 Å². The van der Waals surface area contributed by atoms with Gasteiger partial charge in [-0.1, -0.05) is 6.92 Å². The molecule has 0 bridgehead atoms. The van der Waals surface area contributed by atoms with Crippen molar-refractivity contribution in [2.75, 3.05) is 11.6 Å². The van der Waals surface area contributed by atoms with E-state index in [1.54, 1.807) is 17.1 Å². The molecule has 8 nitrogen and oxygen atoms in total. The van der Waals surface area contributed by atoms with Crippen molar-refractivity contribution in [2.24, 2.45) is 0 Å². The molecule has 2 aromatic rings. The molecule has 1 N–H and O–H groups in total. The van der Waals surface area contributed by atoms with Crippen molar-refractivity contribution in [1.82, 2.24) is 20.4 Å². The Morgan fingerprint density at radius 3 is 2.26 bits per heavy atom. The third-order valence-electron chi connectivity index (χ3n) is 2.56. The number of hydrogen-bond donors (Lipinski definition) is 2. The van der Waals surface area contributed by atoms with Crippen molar-refractivity contribution in [1.29, 1.82) is 0 Å². The van der Waals surface area contributed by atoms with E-state index in [2.05, 4.69) is 24.6 Å². The standard InChI is InChI=1S/C12H13Cl2N5O3S/c1-2-7-15-19(12-17-10(13)16-11(14)18-12)8-3-5-9(6-4-8)22-23(20)21/h3-6,15,23H,2,7H2,1H3. The lowest BCUT2D eigenvalue weighted by Gasteiger charge is -2.23. The van der Waals surface area contributed by atoms with E-state index in [0.29, 0.717) is 12.2 Å². The highest BCUT2D eigenvalue weighted by Crippen LogP contribution is 2.24. The van der Waals surface area contributed by atoms with Gasteiger partial charge in [-0.05, 0) is 53.9 Å². The highest BCUT2D eigenvalue weighted by Gasteiger charge is 2.14. The molecule has 0 fully saturated rings. The molecule has 0 aliphatic rings. The Kier molecular flexibility index (Phi) is 6.34. The first-order valence-electron chi connectivity index (χ1n) is 6.52. The van der Waals surface area contributed by atoms with E-state index in [4.69, 9.17) is 23.2 Å². The van der Waals surface area contributed by atoms with Crippen LogP contribution in [0.4, 0.5) is 11.6 Å². The van der Waals surface area contributed by atoms with Crippen LogP contribution in [0.1, 0.15) is 13.3 Å². The number of aromatic nitrogens is 3. The summed E-state index contributed by atoms with van der Waals surface area (Å²) in [6.07, 6.45) is 0.862. The van der Waals surface area contributed by atoms with Gasteiger partial charge < -0.3 is 4.18 Å². The summed E-state index contributed by atoms with van der Waals surface area (Å²) in [6, 6.07) is 6.29. The average molecular weight is 378 g/mol. The Labute approximate surface area is 144 Å². The van der Waals surface area contributed by atoms with Crippen LogP contribution in [-0.4, -0.2) is 29.9 Å². The van der Waals surface area contributed by atoms with Crippen molar-refractivity contribution < 1.29 is 12.6 Å². The molecule has 0 amide bonds. The fourth-order valence-corrected chi connectivity index (χ4v) is 2.31. The number of rotatable bonds is 7. The number of benzene rings is 1. The Balaban J connectivity index is 2.33. The van der Waals surface area contributed by atoms with E-state index in [1.807, 2.05) is 6.92 Å². The van der Waals surface area contributed by atoms with Gasteiger partial charge in [-0.3, -0.25) is 0 Å². The lowest BCUT2D eigenvalue weighted by atomic mass is 10.3. The van der Waals surface area contributed by atoms with Gasteiger partial charge in [0.15, 0.2) is 0 Å². The molecule has 1 aromatic carbocycles. The zero-order valence-electron chi connectivity index (χ0n) is 11.9. The summed E-state index contributed by atoms with van der Waals surface area (Å²) in [6.45, 7) is 2.64. The monoisotopic (exact) mass is 377 g/mol. The van der Waals surface area contributed by atoms with Gasteiger partial charge in [0, 0.05) is 6.54 Å². The van der Waals surface area contributed by atoms with Gasteiger partial charge >= 0.3 is 0 Å². The Morgan fingerprint density at radius 2 is 1.74 bits per heavy atom. The van der Waals surface area contributed by atoms with Crippen LogP contribution in [0, 0.1) is 0 Å². The fraction of sp³-hybridized carbons (Fsp3) is 0.250. The molecule has 0 spiro atoms. The van der Waals surface area contributed by atoms with Crippen LogP contribution < -0.4 is 14.6 Å². The predicted octanol–water partition coefficient (Wildman–Crippen LogP) is 2.14. The first-order chi connectivity index (χ1) is 11.0. The molecule has 23 heavy (non-hydrogen) atoms. The molecule has 0 saturated carbocycles. The van der Waals surface area contributed by atoms with Gasteiger partial charge in [-0.2, -0.15) is 23.4 Å². The highest BCUT2D eigenvalue weighted by molar-refractivity contribution is 7.67. The smallest absolute Gasteiger partial charge is 0.299 e. The van der Waals surface area contributed by atoms with E-state index in [0.717, 1.165) is 6.42 Å². The largest absolute Gasteiger partial charge is 0.384 e. The fourth-order valence-electron chi connectivity index (χ4n) is 1.66. The topological polar surface area (TPSA) is 97.3 Å². The van der Waals surface area contributed by atoms with Crippen LogP contribution in [0.5, 0.6) is 5.75 Å². The van der Waals surface area contributed by atoms with Gasteiger partial charge in [-0.25, -0.2) is 10.4 Å². The van der Waals surface area contributed by atoms with Crippen molar-refractivity contribution in [3.63, 3.8) is 0 Å². The quantitative estimate of drug-likeness (QED) is 0.559. The van der Waals surface area contributed by atoms with E-state index < -0.39 is 11.0 Å². The van der Waals surface area contributed by atoms with Crippen LogP contribution in [0.15, 0.2) is 24.3 Å². The maximum absolute atomic E-state index is 10.6. The molecule has 1 aromatic heterocycles. The summed E-state index contributed by atoms with van der Waals surface area (Å²) in [5, 5.41) is 1.50. The van der Waals surface area contributed by atoms with Crippen LogP contribution in [0.3, 0.4) is 0 Å². The number of halogens is 2. The average Bonchev–Trinajstić information content (AvgIpc) is 2.48. The minimum Gasteiger partial charge on any atom is -0.384 e. The van der Waals surface area contributed by atoms with Crippen LogP contribution in [0.25, 0.3) is 0 Å². The molecule has 11 heteroatoms. The lowest BCUT2D eigenvalue weighted by molar-refractivity contribution is 0.510. The Morgan fingerprint density at radius 1 is 1.13 bits per heavy atom. The van der Waals surface area contributed by atoms with Gasteiger partial charge in [-0.15, -0.1) is 0 Å². The lowest BCUT2D eigenvalue weighted by Crippen LogP contribution is -2.35. The van der Waals surface area contributed by atoms with E-state index in [9.17, 15) is 8.42 Å². The van der Waals surface area contributed by atoms with Gasteiger partial charge in [0.05, 0.1) is 5.69 Å². The van der Waals surface area contributed by atoms with E-state index in [1.165, 1.54) is 12.1 Å². The highest BCUT2D eigenvalue weighted by atomic mass is 35.5. The number of hydrazine groups is 1. The van der Waals surface area contributed by atoms with Gasteiger partial charge in [0.1, 0.15) is 5.75 Å². The SMILES string of the molecule is CCCNN(c1ccc(O[SH](=O)=O)cc1)c1nc(Cl)nc(Cl)n1. The maximum Gasteiger partial charge on any atom is 0.299 e. The Hall–Kier alpha value is -1.68. The van der Waals surface area contributed by atoms with Crippen molar-refractivity contribution in [3.05, 3.63) is 34.8 Å². The first-order valence-corrected chi connectivity index (χ1v) is 8.38. The summed E-state index contributed by atoms with van der Waals surface area (Å²) in [4.78, 5) is 11.8. The molecule has 1 heterocycles. The van der Waals surface area contributed by atoms with Crippen molar-refractivity contribution >= 4 is 45.8 Å². The first kappa shape index (κ1) is 17.7. The number of hydrogen-bond acceptors (Lipinski definition) is 8. The third kappa shape index (κ3) is 5.17. The molecule has 0 aliphatic carbocycles. The molecule has 0 unspecified atom stereocenters. The molecule has 0 saturated heterocycles. The Bertz CT molecular complexity index is 714. The molecule has 124 valence electrons. The number of nitrogens with zero attached hydrogens (tertiary/aromatic N) is 4.